The van der Waals surface area contributed by atoms with Crippen molar-refractivity contribution in [2.75, 3.05) is 12.0 Å². The summed E-state index contributed by atoms with van der Waals surface area (Å²) in [5, 5.41) is 16.6. The molecule has 10 heteroatoms. The van der Waals surface area contributed by atoms with Gasteiger partial charge in [-0.25, -0.2) is 14.5 Å². The SMILES string of the molecule is CCF.Cc1cccc(-c2nc(Nc3ccncc3C(N)=O)c3cccn3n2)n1.OC1CCCCC1. The molecular weight excluding hydrogens is 461 g/mol. The van der Waals surface area contributed by atoms with E-state index in [4.69, 9.17) is 10.8 Å². The molecular formula is C26H32FN7O2. The van der Waals surface area contributed by atoms with Gasteiger partial charge >= 0.3 is 0 Å². The van der Waals surface area contributed by atoms with Gasteiger partial charge in [0.25, 0.3) is 5.91 Å². The first-order chi connectivity index (χ1) is 17.4. The molecule has 4 aromatic heterocycles. The molecule has 0 bridgehead atoms. The van der Waals surface area contributed by atoms with Gasteiger partial charge in [0, 0.05) is 24.3 Å². The number of aromatic nitrogens is 5. The van der Waals surface area contributed by atoms with Crippen LogP contribution in [-0.2, 0) is 0 Å². The zero-order valence-corrected chi connectivity index (χ0v) is 20.6. The first kappa shape index (κ1) is 26.7. The number of aliphatic hydroxyl groups is 1. The van der Waals surface area contributed by atoms with Gasteiger partial charge in [-0.1, -0.05) is 25.3 Å². The molecule has 9 nitrogen and oxygen atoms in total. The van der Waals surface area contributed by atoms with E-state index in [9.17, 15) is 9.18 Å². The number of aryl methyl sites for hydroxylation is 1. The summed E-state index contributed by atoms with van der Waals surface area (Å²) in [6.45, 7) is 3.12. The minimum atomic E-state index is -0.568. The number of halogens is 1. The van der Waals surface area contributed by atoms with Crippen LogP contribution < -0.4 is 11.1 Å². The van der Waals surface area contributed by atoms with E-state index in [1.165, 1.54) is 32.4 Å². The van der Waals surface area contributed by atoms with Crippen molar-refractivity contribution >= 4 is 22.9 Å². The number of alkyl halides is 1. The summed E-state index contributed by atoms with van der Waals surface area (Å²) < 4.78 is 12.0. The molecule has 1 saturated carbocycles. The standard InChI is InChI=1S/C18H15N7O.C6H12O.C2H5F/c1-11-4-2-5-14(21-11)17-23-18(15-6-3-9-25(15)24-17)22-13-7-8-20-10-12(13)16(19)26;7-6-4-2-1-3-5-6;1-2-3/h2-10H,1H3,(H2,19,26)(H,20,22,23,24);6-7H,1-5H2;2H2,1H3. The molecule has 5 rings (SSSR count). The summed E-state index contributed by atoms with van der Waals surface area (Å²) in [4.78, 5) is 24.7. The largest absolute Gasteiger partial charge is 0.393 e. The van der Waals surface area contributed by atoms with E-state index in [-0.39, 0.29) is 18.3 Å². The lowest BCUT2D eigenvalue weighted by Crippen LogP contribution is -2.14. The predicted molar refractivity (Wildman–Crippen MR) is 138 cm³/mol. The highest BCUT2D eigenvalue weighted by molar-refractivity contribution is 5.99. The molecule has 4 aromatic rings. The van der Waals surface area contributed by atoms with Crippen molar-refractivity contribution in [2.24, 2.45) is 5.73 Å². The summed E-state index contributed by atoms with van der Waals surface area (Å²) in [7, 11) is 0. The number of anilines is 2. The van der Waals surface area contributed by atoms with Gasteiger partial charge in [0.1, 0.15) is 11.2 Å². The second-order valence-corrected chi connectivity index (χ2v) is 8.26. The lowest BCUT2D eigenvalue weighted by Gasteiger charge is -2.14. The van der Waals surface area contributed by atoms with E-state index in [1.54, 1.807) is 16.8 Å². The molecule has 1 amide bonds. The normalized spacial score (nSPS) is 13.2. The molecule has 0 saturated heterocycles. The lowest BCUT2D eigenvalue weighted by molar-refractivity contribution is 0.100. The fourth-order valence-corrected chi connectivity index (χ4v) is 3.71. The topological polar surface area (TPSA) is 131 Å². The average Bonchev–Trinajstić information content (AvgIpc) is 3.35. The minimum Gasteiger partial charge on any atom is -0.393 e. The fourth-order valence-electron chi connectivity index (χ4n) is 3.71. The molecule has 0 radical (unpaired) electrons. The maximum Gasteiger partial charge on any atom is 0.252 e. The third kappa shape index (κ3) is 7.29. The number of amides is 1. The molecule has 0 unspecified atom stereocenters. The van der Waals surface area contributed by atoms with Crippen molar-refractivity contribution in [3.8, 4) is 11.5 Å². The summed E-state index contributed by atoms with van der Waals surface area (Å²) in [6, 6.07) is 11.1. The number of nitrogens with two attached hydrogens (primary N) is 1. The van der Waals surface area contributed by atoms with Crippen molar-refractivity contribution in [1.82, 2.24) is 24.6 Å². The Hall–Kier alpha value is -3.92. The highest BCUT2D eigenvalue weighted by Gasteiger charge is 2.14. The second kappa shape index (κ2) is 13.2. The number of primary amides is 1. The molecule has 1 aliphatic rings. The van der Waals surface area contributed by atoms with Crippen LogP contribution in [0.2, 0.25) is 0 Å². The van der Waals surface area contributed by atoms with Crippen LogP contribution in [-0.4, -0.2) is 48.4 Å². The van der Waals surface area contributed by atoms with Crippen LogP contribution in [0, 0.1) is 6.92 Å². The molecule has 0 aromatic carbocycles. The molecule has 4 heterocycles. The Labute approximate surface area is 209 Å². The van der Waals surface area contributed by atoms with Gasteiger partial charge < -0.3 is 16.2 Å². The van der Waals surface area contributed by atoms with Crippen LogP contribution in [0.1, 0.15) is 55.1 Å². The number of nitrogens with one attached hydrogen (secondary N) is 1. The second-order valence-electron chi connectivity index (χ2n) is 8.26. The predicted octanol–water partition coefficient (Wildman–Crippen LogP) is 4.62. The number of hydrogen-bond acceptors (Lipinski definition) is 7. The van der Waals surface area contributed by atoms with Crippen molar-refractivity contribution in [2.45, 2.75) is 52.1 Å². The number of aliphatic hydroxyl groups excluding tert-OH is 1. The van der Waals surface area contributed by atoms with Crippen LogP contribution in [0.5, 0.6) is 0 Å². The molecule has 190 valence electrons. The zero-order chi connectivity index (χ0) is 25.9. The zero-order valence-electron chi connectivity index (χ0n) is 20.6. The molecule has 0 atom stereocenters. The molecule has 4 N–H and O–H groups in total. The van der Waals surface area contributed by atoms with Gasteiger partial charge in [0.15, 0.2) is 5.82 Å². The maximum atomic E-state index is 11.6. The van der Waals surface area contributed by atoms with Crippen molar-refractivity contribution in [1.29, 1.82) is 0 Å². The van der Waals surface area contributed by atoms with Gasteiger partial charge in [-0.3, -0.25) is 14.2 Å². The fraction of sp³-hybridized carbons (Fsp3) is 0.346. The summed E-state index contributed by atoms with van der Waals surface area (Å²) in [5.41, 5.74) is 8.53. The number of rotatable bonds is 4. The van der Waals surface area contributed by atoms with Gasteiger partial charge in [-0.15, -0.1) is 5.10 Å². The highest BCUT2D eigenvalue weighted by atomic mass is 19.1. The Bertz CT molecular complexity index is 1270. The van der Waals surface area contributed by atoms with Gasteiger partial charge in [0.05, 0.1) is 24.0 Å². The Balaban J connectivity index is 0.000000304. The number of nitrogens with zero attached hydrogens (tertiary/aromatic N) is 5. The number of fused-ring (bicyclic) bond motifs is 1. The van der Waals surface area contributed by atoms with E-state index in [0.29, 0.717) is 23.0 Å². The van der Waals surface area contributed by atoms with Gasteiger partial charge in [0.2, 0.25) is 5.82 Å². The van der Waals surface area contributed by atoms with Crippen molar-refractivity contribution < 1.29 is 14.3 Å². The Morgan fingerprint density at radius 1 is 1.17 bits per heavy atom. The molecule has 0 aliphatic heterocycles. The van der Waals surface area contributed by atoms with E-state index >= 15 is 0 Å². The van der Waals surface area contributed by atoms with Gasteiger partial charge in [-0.05, 0) is 57.0 Å². The quantitative estimate of drug-likeness (QED) is 0.378. The summed E-state index contributed by atoms with van der Waals surface area (Å²) in [6.07, 6.45) is 10.7. The third-order valence-corrected chi connectivity index (χ3v) is 5.42. The maximum absolute atomic E-state index is 11.6. The van der Waals surface area contributed by atoms with Crippen LogP contribution in [0.25, 0.3) is 17.0 Å². The number of carbonyl (C=O) groups excluding carboxylic acids is 1. The van der Waals surface area contributed by atoms with E-state index in [2.05, 4.69) is 25.4 Å². The Morgan fingerprint density at radius 2 is 1.92 bits per heavy atom. The number of hydrogen-bond donors (Lipinski definition) is 3. The summed E-state index contributed by atoms with van der Waals surface area (Å²) >= 11 is 0. The number of pyridine rings is 2. The van der Waals surface area contributed by atoms with Crippen LogP contribution in [0.3, 0.4) is 0 Å². The van der Waals surface area contributed by atoms with Crippen molar-refractivity contribution in [3.63, 3.8) is 0 Å². The van der Waals surface area contributed by atoms with E-state index in [0.717, 1.165) is 24.1 Å². The monoisotopic (exact) mass is 493 g/mol. The molecule has 36 heavy (non-hydrogen) atoms. The first-order valence-electron chi connectivity index (χ1n) is 12.0. The summed E-state index contributed by atoms with van der Waals surface area (Å²) in [5.74, 6) is 0.438. The van der Waals surface area contributed by atoms with Gasteiger partial charge in [-0.2, -0.15) is 0 Å². The van der Waals surface area contributed by atoms with E-state index < -0.39 is 5.91 Å². The van der Waals surface area contributed by atoms with E-state index in [1.807, 2.05) is 43.5 Å². The number of carbonyl (C=O) groups is 1. The first-order valence-corrected chi connectivity index (χ1v) is 12.0. The minimum absolute atomic E-state index is 0.0359. The van der Waals surface area contributed by atoms with Crippen LogP contribution in [0.15, 0.2) is 55.0 Å². The molecule has 1 aliphatic carbocycles. The van der Waals surface area contributed by atoms with Crippen LogP contribution in [0.4, 0.5) is 15.9 Å². The smallest absolute Gasteiger partial charge is 0.252 e. The Morgan fingerprint density at radius 3 is 2.56 bits per heavy atom. The Kier molecular flexibility index (Phi) is 9.82. The lowest BCUT2D eigenvalue weighted by atomic mass is 9.98. The third-order valence-electron chi connectivity index (χ3n) is 5.42. The van der Waals surface area contributed by atoms with Crippen LogP contribution >= 0.6 is 0 Å². The highest BCUT2D eigenvalue weighted by Crippen LogP contribution is 2.24. The molecule has 1 fully saturated rings. The average molecular weight is 494 g/mol. The molecule has 0 spiro atoms. The van der Waals surface area contributed by atoms with Crippen molar-refractivity contribution in [3.05, 3.63) is 66.2 Å².